The van der Waals surface area contributed by atoms with E-state index in [2.05, 4.69) is 21.8 Å². The van der Waals surface area contributed by atoms with E-state index in [0.717, 1.165) is 80.9 Å². The molecule has 7 nitrogen and oxygen atoms in total. The first-order chi connectivity index (χ1) is 14.6. The monoisotopic (exact) mass is 429 g/mol. The van der Waals surface area contributed by atoms with Gasteiger partial charge in [0.1, 0.15) is 10.7 Å². The number of hydrogen-bond donors (Lipinski definition) is 1. The van der Waals surface area contributed by atoms with Crippen LogP contribution in [-0.4, -0.2) is 83.4 Å². The van der Waals surface area contributed by atoms with Crippen LogP contribution in [0.15, 0.2) is 4.79 Å². The first-order valence-corrected chi connectivity index (χ1v) is 12.1. The largest absolute Gasteiger partial charge is 0.341 e. The first kappa shape index (κ1) is 20.2. The predicted molar refractivity (Wildman–Crippen MR) is 119 cm³/mol. The number of carbonyl (C=O) groups is 1. The fraction of sp³-hybridized carbons (Fsp3) is 0.682. The topological polar surface area (TPSA) is 72.5 Å². The summed E-state index contributed by atoms with van der Waals surface area (Å²) >= 11 is 1.70. The molecule has 0 saturated carbocycles. The van der Waals surface area contributed by atoms with Crippen molar-refractivity contribution in [2.24, 2.45) is 0 Å². The van der Waals surface area contributed by atoms with Crippen LogP contribution in [0.5, 0.6) is 0 Å². The summed E-state index contributed by atoms with van der Waals surface area (Å²) in [6.45, 7) is 5.91. The molecule has 3 aliphatic rings. The van der Waals surface area contributed by atoms with Gasteiger partial charge in [-0.15, -0.1) is 11.3 Å². The van der Waals surface area contributed by atoms with Gasteiger partial charge in [-0.3, -0.25) is 14.5 Å². The van der Waals surface area contributed by atoms with Crippen molar-refractivity contribution in [1.82, 2.24) is 24.7 Å². The molecule has 1 amide bonds. The highest BCUT2D eigenvalue weighted by atomic mass is 32.1. The molecule has 1 atom stereocenters. The van der Waals surface area contributed by atoms with Crippen LogP contribution in [0.25, 0.3) is 10.2 Å². The molecule has 2 aromatic heterocycles. The molecule has 2 saturated heterocycles. The summed E-state index contributed by atoms with van der Waals surface area (Å²) in [5.74, 6) is 1.09. The van der Waals surface area contributed by atoms with Crippen molar-refractivity contribution in [1.29, 1.82) is 0 Å². The second-order valence-corrected chi connectivity index (χ2v) is 10.2. The van der Waals surface area contributed by atoms with Gasteiger partial charge in [0.15, 0.2) is 0 Å². The zero-order chi connectivity index (χ0) is 20.7. The number of rotatable bonds is 3. The molecule has 0 bridgehead atoms. The Labute approximate surface area is 181 Å². The van der Waals surface area contributed by atoms with Crippen molar-refractivity contribution < 1.29 is 4.79 Å². The van der Waals surface area contributed by atoms with E-state index in [1.54, 1.807) is 11.3 Å². The molecule has 2 aliphatic heterocycles. The van der Waals surface area contributed by atoms with Crippen molar-refractivity contribution >= 4 is 27.5 Å². The number of aromatic amines is 1. The molecule has 162 valence electrons. The zero-order valence-corrected chi connectivity index (χ0v) is 18.6. The number of nitrogens with one attached hydrogen (secondary N) is 1. The lowest BCUT2D eigenvalue weighted by molar-refractivity contribution is -0.134. The van der Waals surface area contributed by atoms with Crippen LogP contribution >= 0.6 is 11.3 Å². The van der Waals surface area contributed by atoms with E-state index >= 15 is 0 Å². The number of H-pyrrole nitrogens is 1. The highest BCUT2D eigenvalue weighted by Gasteiger charge is 2.29. The van der Waals surface area contributed by atoms with Crippen LogP contribution in [0.4, 0.5) is 0 Å². The van der Waals surface area contributed by atoms with E-state index in [0.29, 0.717) is 13.1 Å². The van der Waals surface area contributed by atoms with Gasteiger partial charge in [0.25, 0.3) is 5.56 Å². The van der Waals surface area contributed by atoms with E-state index in [-0.39, 0.29) is 17.4 Å². The van der Waals surface area contributed by atoms with E-state index < -0.39 is 0 Å². The number of nitrogens with zero attached hydrogens (tertiary/aromatic N) is 4. The van der Waals surface area contributed by atoms with Crippen LogP contribution < -0.4 is 5.56 Å². The number of likely N-dealkylation sites (N-methyl/N-ethyl adjacent to an activating group) is 1. The maximum Gasteiger partial charge on any atom is 0.259 e. The second-order valence-electron chi connectivity index (χ2n) is 9.10. The summed E-state index contributed by atoms with van der Waals surface area (Å²) in [6.07, 6.45) is 6.37. The van der Waals surface area contributed by atoms with E-state index in [1.165, 1.54) is 16.9 Å². The minimum absolute atomic E-state index is 0.00952. The number of likely N-dealkylation sites (tertiary alicyclic amines) is 1. The Bertz CT molecular complexity index is 991. The molecule has 2 fully saturated rings. The third kappa shape index (κ3) is 3.92. The van der Waals surface area contributed by atoms with Crippen molar-refractivity contribution in [2.75, 3.05) is 52.9 Å². The number of thiophene rings is 1. The molecule has 8 heteroatoms. The number of piperazine rings is 1. The molecule has 4 heterocycles. The van der Waals surface area contributed by atoms with Gasteiger partial charge in [-0.25, -0.2) is 4.98 Å². The number of piperidine rings is 1. The molecule has 1 N–H and O–H groups in total. The van der Waals surface area contributed by atoms with Crippen molar-refractivity contribution in [3.05, 3.63) is 26.6 Å². The summed E-state index contributed by atoms with van der Waals surface area (Å²) in [5.41, 5.74) is 1.24. The second kappa shape index (κ2) is 8.40. The maximum atomic E-state index is 12.9. The molecule has 0 spiro atoms. The third-order valence-corrected chi connectivity index (χ3v) is 8.14. The van der Waals surface area contributed by atoms with Gasteiger partial charge in [0.2, 0.25) is 5.91 Å². The number of amides is 1. The lowest BCUT2D eigenvalue weighted by Gasteiger charge is -2.36. The smallest absolute Gasteiger partial charge is 0.259 e. The fourth-order valence-corrected chi connectivity index (χ4v) is 6.37. The van der Waals surface area contributed by atoms with Gasteiger partial charge >= 0.3 is 0 Å². The summed E-state index contributed by atoms with van der Waals surface area (Å²) in [5, 5.41) is 0.817. The van der Waals surface area contributed by atoms with Crippen LogP contribution in [-0.2, 0) is 17.6 Å². The maximum absolute atomic E-state index is 12.9. The summed E-state index contributed by atoms with van der Waals surface area (Å²) in [6, 6.07) is 0. The minimum Gasteiger partial charge on any atom is -0.341 e. The van der Waals surface area contributed by atoms with Crippen LogP contribution in [0.1, 0.15) is 47.9 Å². The number of fused-ring (bicyclic) bond motifs is 3. The molecular weight excluding hydrogens is 398 g/mol. The van der Waals surface area contributed by atoms with E-state index in [4.69, 9.17) is 4.98 Å². The molecule has 2 aromatic rings. The van der Waals surface area contributed by atoms with E-state index in [1.807, 2.05) is 4.90 Å². The molecule has 0 unspecified atom stereocenters. The van der Waals surface area contributed by atoms with Gasteiger partial charge in [0, 0.05) is 50.1 Å². The highest BCUT2D eigenvalue weighted by Crippen LogP contribution is 2.34. The Balaban J connectivity index is 1.31. The number of aryl methyl sites for hydroxylation is 2. The Kier molecular flexibility index (Phi) is 5.64. The summed E-state index contributed by atoms with van der Waals surface area (Å²) < 4.78 is 0. The van der Waals surface area contributed by atoms with Crippen LogP contribution in [0.3, 0.4) is 0 Å². The molecule has 0 aromatic carbocycles. The molecular formula is C22H31N5O2S. The van der Waals surface area contributed by atoms with Crippen molar-refractivity contribution in [3.8, 4) is 0 Å². The zero-order valence-electron chi connectivity index (χ0n) is 17.8. The Morgan fingerprint density at radius 2 is 1.93 bits per heavy atom. The fourth-order valence-electron chi connectivity index (χ4n) is 5.10. The number of carbonyl (C=O) groups excluding carboxylic acids is 1. The molecule has 5 rings (SSSR count). The normalized spacial score (nSPS) is 23.6. The lowest BCUT2D eigenvalue weighted by atomic mass is 9.96. The van der Waals surface area contributed by atoms with Gasteiger partial charge < -0.3 is 14.8 Å². The van der Waals surface area contributed by atoms with Crippen LogP contribution in [0, 0.1) is 0 Å². The standard InChI is InChI=1S/C22H31N5O2S/c1-25-9-11-26(12-10-25)14-18(28)27-8-4-5-15(13-27)20-23-21(29)19-16-6-2-3-7-17(16)30-22(19)24-20/h15H,2-14H2,1H3,(H,23,24,29)/t15-/m0/s1. The highest BCUT2D eigenvalue weighted by molar-refractivity contribution is 7.18. The molecule has 30 heavy (non-hydrogen) atoms. The SMILES string of the molecule is CN1CCN(CC(=O)N2CCC[C@H](c3nc4sc5c(c4c(=O)[nH]3)CCCC5)C2)CC1. The van der Waals surface area contributed by atoms with Crippen LogP contribution in [0.2, 0.25) is 0 Å². The lowest BCUT2D eigenvalue weighted by Crippen LogP contribution is -2.50. The Morgan fingerprint density at radius 1 is 1.13 bits per heavy atom. The summed E-state index contributed by atoms with van der Waals surface area (Å²) in [7, 11) is 2.13. The van der Waals surface area contributed by atoms with Gasteiger partial charge in [0.05, 0.1) is 11.9 Å². The average molecular weight is 430 g/mol. The Hall–Kier alpha value is -1.77. The van der Waals surface area contributed by atoms with E-state index in [9.17, 15) is 9.59 Å². The molecule has 1 aliphatic carbocycles. The Morgan fingerprint density at radius 3 is 2.77 bits per heavy atom. The quantitative estimate of drug-likeness (QED) is 0.806. The van der Waals surface area contributed by atoms with Gasteiger partial charge in [-0.1, -0.05) is 0 Å². The number of hydrogen-bond acceptors (Lipinski definition) is 6. The van der Waals surface area contributed by atoms with Gasteiger partial charge in [-0.05, 0) is 51.1 Å². The number of aromatic nitrogens is 2. The minimum atomic E-state index is 0.00952. The first-order valence-electron chi connectivity index (χ1n) is 11.3. The summed E-state index contributed by atoms with van der Waals surface area (Å²) in [4.78, 5) is 42.6. The van der Waals surface area contributed by atoms with Crippen molar-refractivity contribution in [3.63, 3.8) is 0 Å². The molecule has 0 radical (unpaired) electrons. The van der Waals surface area contributed by atoms with Crippen molar-refractivity contribution in [2.45, 2.75) is 44.4 Å². The predicted octanol–water partition coefficient (Wildman–Crippen LogP) is 1.82. The van der Waals surface area contributed by atoms with Gasteiger partial charge in [-0.2, -0.15) is 0 Å². The third-order valence-electron chi connectivity index (χ3n) is 6.96. The average Bonchev–Trinajstić information content (AvgIpc) is 3.14.